The van der Waals surface area contributed by atoms with Crippen molar-refractivity contribution in [2.24, 2.45) is 5.92 Å². The Morgan fingerprint density at radius 3 is 2.46 bits per heavy atom. The van der Waals surface area contributed by atoms with Crippen LogP contribution in [0.3, 0.4) is 0 Å². The van der Waals surface area contributed by atoms with E-state index in [9.17, 15) is 9.59 Å². The first-order valence-corrected chi connectivity index (χ1v) is 8.73. The number of carboxylic acids is 1. The molecule has 5 nitrogen and oxygen atoms in total. The van der Waals surface area contributed by atoms with E-state index >= 15 is 0 Å². The summed E-state index contributed by atoms with van der Waals surface area (Å²) in [6.45, 7) is 2.90. The smallest absolute Gasteiger partial charge is 0.321 e. The fourth-order valence-electron chi connectivity index (χ4n) is 3.14. The molecule has 1 aliphatic rings. The van der Waals surface area contributed by atoms with Gasteiger partial charge in [-0.05, 0) is 36.8 Å². The zero-order chi connectivity index (χ0) is 17.3. The molecule has 1 aliphatic heterocycles. The van der Waals surface area contributed by atoms with Gasteiger partial charge in [0.1, 0.15) is 0 Å². The highest BCUT2D eigenvalue weighted by atomic mass is 79.9. The van der Waals surface area contributed by atoms with Gasteiger partial charge in [0.2, 0.25) is 0 Å². The number of rotatable bonds is 2. The molecule has 0 aliphatic carbocycles. The number of nitrogens with zero attached hydrogens (tertiary/aromatic N) is 1. The van der Waals surface area contributed by atoms with Gasteiger partial charge in [0.15, 0.2) is 0 Å². The van der Waals surface area contributed by atoms with Gasteiger partial charge in [0.05, 0.1) is 11.6 Å². The number of carbonyl (C=O) groups excluding carboxylic acids is 1. The Balaban J connectivity index is 1.81. The second kappa shape index (κ2) is 6.81. The molecule has 1 saturated heterocycles. The first kappa shape index (κ1) is 16.8. The molecule has 0 saturated carbocycles. The summed E-state index contributed by atoms with van der Waals surface area (Å²) >= 11 is 3.57. The van der Waals surface area contributed by atoms with Crippen LogP contribution in [0.1, 0.15) is 18.4 Å². The molecule has 1 fully saturated rings. The van der Waals surface area contributed by atoms with Crippen molar-refractivity contribution in [3.05, 3.63) is 40.4 Å². The Kier molecular flexibility index (Phi) is 4.76. The molecule has 3 rings (SSSR count). The molecule has 0 radical (unpaired) electrons. The Morgan fingerprint density at radius 1 is 1.21 bits per heavy atom. The topological polar surface area (TPSA) is 69.6 Å². The normalized spacial score (nSPS) is 15.5. The summed E-state index contributed by atoms with van der Waals surface area (Å²) in [5.74, 6) is -1.12. The lowest BCUT2D eigenvalue weighted by molar-refractivity contribution is -0.143. The monoisotopic (exact) mass is 390 g/mol. The molecule has 2 amide bonds. The van der Waals surface area contributed by atoms with Gasteiger partial charge in [0.25, 0.3) is 0 Å². The Bertz CT molecular complexity index is 798. The maximum atomic E-state index is 12.6. The zero-order valence-corrected chi connectivity index (χ0v) is 15.0. The van der Waals surface area contributed by atoms with E-state index in [4.69, 9.17) is 5.11 Å². The minimum atomic E-state index is -0.773. The number of hydrogen-bond donors (Lipinski definition) is 2. The number of carboxylic acid groups (broad SMARTS) is 1. The summed E-state index contributed by atoms with van der Waals surface area (Å²) in [6.07, 6.45) is 1.01. The van der Waals surface area contributed by atoms with Gasteiger partial charge in [-0.15, -0.1) is 0 Å². The lowest BCUT2D eigenvalue weighted by Gasteiger charge is -2.30. The number of piperidine rings is 1. The third kappa shape index (κ3) is 3.24. The molecule has 24 heavy (non-hydrogen) atoms. The van der Waals surface area contributed by atoms with E-state index in [1.165, 1.54) is 0 Å². The van der Waals surface area contributed by atoms with E-state index in [1.807, 2.05) is 37.3 Å². The van der Waals surface area contributed by atoms with Crippen LogP contribution in [-0.4, -0.2) is 35.1 Å². The third-order valence-electron chi connectivity index (χ3n) is 4.55. The van der Waals surface area contributed by atoms with Crippen LogP contribution in [0.2, 0.25) is 0 Å². The summed E-state index contributed by atoms with van der Waals surface area (Å²) in [4.78, 5) is 25.3. The minimum Gasteiger partial charge on any atom is -0.481 e. The van der Waals surface area contributed by atoms with Crippen molar-refractivity contribution >= 4 is 44.4 Å². The maximum Gasteiger partial charge on any atom is 0.321 e. The van der Waals surface area contributed by atoms with E-state index in [0.29, 0.717) is 25.9 Å². The molecule has 0 bridgehead atoms. The molecule has 2 aromatic carbocycles. The Labute approximate surface area is 148 Å². The van der Waals surface area contributed by atoms with Crippen molar-refractivity contribution in [3.63, 3.8) is 0 Å². The second-order valence-electron chi connectivity index (χ2n) is 6.13. The summed E-state index contributed by atoms with van der Waals surface area (Å²) < 4.78 is 0.996. The van der Waals surface area contributed by atoms with Crippen molar-refractivity contribution < 1.29 is 14.7 Å². The van der Waals surface area contributed by atoms with Gasteiger partial charge >= 0.3 is 12.0 Å². The predicted molar refractivity (Wildman–Crippen MR) is 97.3 cm³/mol. The standard InChI is InChI=1S/C18H19BrN2O3/c1-11-10-15(19)13-4-2-3-5-14(13)16(11)20-18(24)21-8-6-12(7-9-21)17(22)23/h2-5,10,12H,6-9H2,1H3,(H,20,24)(H,22,23). The van der Waals surface area contributed by atoms with Crippen LogP contribution in [-0.2, 0) is 4.79 Å². The number of likely N-dealkylation sites (tertiary alicyclic amines) is 1. The van der Waals surface area contributed by atoms with Crippen LogP contribution in [0.25, 0.3) is 10.8 Å². The molecular formula is C18H19BrN2O3. The van der Waals surface area contributed by atoms with E-state index in [1.54, 1.807) is 4.90 Å². The summed E-state index contributed by atoms with van der Waals surface area (Å²) in [6, 6.07) is 9.72. The van der Waals surface area contributed by atoms with Gasteiger partial charge < -0.3 is 15.3 Å². The summed E-state index contributed by atoms with van der Waals surface area (Å²) in [5, 5.41) is 14.1. The number of aliphatic carboxylic acids is 1. The molecule has 2 N–H and O–H groups in total. The maximum absolute atomic E-state index is 12.6. The SMILES string of the molecule is Cc1cc(Br)c2ccccc2c1NC(=O)N1CCC(C(=O)O)CC1. The van der Waals surface area contributed by atoms with Crippen LogP contribution in [0.15, 0.2) is 34.8 Å². The number of urea groups is 1. The average Bonchev–Trinajstić information content (AvgIpc) is 2.58. The second-order valence-corrected chi connectivity index (χ2v) is 6.98. The Hall–Kier alpha value is -2.08. The van der Waals surface area contributed by atoms with Gasteiger partial charge in [0, 0.05) is 22.9 Å². The van der Waals surface area contributed by atoms with Crippen molar-refractivity contribution in [3.8, 4) is 0 Å². The predicted octanol–water partition coefficient (Wildman–Crippen LogP) is 4.24. The van der Waals surface area contributed by atoms with Crippen LogP contribution < -0.4 is 5.32 Å². The average molecular weight is 391 g/mol. The molecule has 0 unspecified atom stereocenters. The quantitative estimate of drug-likeness (QED) is 0.805. The van der Waals surface area contributed by atoms with Crippen molar-refractivity contribution in [2.75, 3.05) is 18.4 Å². The van der Waals surface area contributed by atoms with Crippen LogP contribution >= 0.6 is 15.9 Å². The number of benzene rings is 2. The van der Waals surface area contributed by atoms with E-state index < -0.39 is 5.97 Å². The first-order valence-electron chi connectivity index (χ1n) is 7.94. The van der Waals surface area contributed by atoms with Crippen LogP contribution in [0.4, 0.5) is 10.5 Å². The van der Waals surface area contributed by atoms with Crippen molar-refractivity contribution in [1.29, 1.82) is 0 Å². The lowest BCUT2D eigenvalue weighted by Crippen LogP contribution is -2.42. The van der Waals surface area contributed by atoms with Gasteiger partial charge in [-0.1, -0.05) is 40.2 Å². The van der Waals surface area contributed by atoms with Crippen molar-refractivity contribution in [2.45, 2.75) is 19.8 Å². The number of fused-ring (bicyclic) bond motifs is 1. The number of halogens is 1. The molecule has 2 aromatic rings. The zero-order valence-electron chi connectivity index (χ0n) is 13.4. The fraction of sp³-hybridized carbons (Fsp3) is 0.333. The molecule has 0 spiro atoms. The van der Waals surface area contributed by atoms with Gasteiger partial charge in [-0.3, -0.25) is 4.79 Å². The molecule has 6 heteroatoms. The molecule has 0 atom stereocenters. The number of anilines is 1. The first-order chi connectivity index (χ1) is 11.5. The highest BCUT2D eigenvalue weighted by Crippen LogP contribution is 2.33. The molecule has 126 valence electrons. The number of amides is 2. The fourth-order valence-corrected chi connectivity index (χ4v) is 3.83. The van der Waals surface area contributed by atoms with Crippen molar-refractivity contribution in [1.82, 2.24) is 4.90 Å². The number of carbonyl (C=O) groups is 2. The van der Waals surface area contributed by atoms with E-state index in [0.717, 1.165) is 26.5 Å². The third-order valence-corrected chi connectivity index (χ3v) is 5.21. The number of aryl methyl sites for hydroxylation is 1. The van der Waals surface area contributed by atoms with Gasteiger partial charge in [-0.25, -0.2) is 4.79 Å². The molecule has 1 heterocycles. The van der Waals surface area contributed by atoms with Gasteiger partial charge in [-0.2, -0.15) is 0 Å². The molecular weight excluding hydrogens is 372 g/mol. The highest BCUT2D eigenvalue weighted by Gasteiger charge is 2.27. The number of nitrogens with one attached hydrogen (secondary N) is 1. The van der Waals surface area contributed by atoms with Crippen LogP contribution in [0, 0.1) is 12.8 Å². The summed E-state index contributed by atoms with van der Waals surface area (Å²) in [5.41, 5.74) is 1.79. The largest absolute Gasteiger partial charge is 0.481 e. The summed E-state index contributed by atoms with van der Waals surface area (Å²) in [7, 11) is 0. The van der Waals surface area contributed by atoms with E-state index in [2.05, 4.69) is 21.2 Å². The minimum absolute atomic E-state index is 0.172. The number of hydrogen-bond acceptors (Lipinski definition) is 2. The lowest BCUT2D eigenvalue weighted by atomic mass is 9.97. The Morgan fingerprint density at radius 2 is 1.83 bits per heavy atom. The van der Waals surface area contributed by atoms with Crippen LogP contribution in [0.5, 0.6) is 0 Å². The van der Waals surface area contributed by atoms with E-state index in [-0.39, 0.29) is 11.9 Å². The highest BCUT2D eigenvalue weighted by molar-refractivity contribution is 9.10. The molecule has 0 aromatic heterocycles.